The van der Waals surface area contributed by atoms with Crippen LogP contribution in [0, 0.1) is 11.8 Å². The molecule has 5 nitrogen and oxygen atoms in total. The standard InChI is InChI=1S/C17H22ClN3O2/c1-9(2)14-7-22-16(20-14)12-5-11(18)6-13(19-12)17-21-15(8-23-17)10(3)4/h5-6,9-10,14-15H,7-8H2,1-4H3/t14-,15-/m0/s1. The first-order valence-corrected chi connectivity index (χ1v) is 8.41. The smallest absolute Gasteiger partial charge is 0.235 e. The van der Waals surface area contributed by atoms with Gasteiger partial charge in [-0.3, -0.25) is 0 Å². The van der Waals surface area contributed by atoms with Crippen LogP contribution in [0.4, 0.5) is 0 Å². The molecule has 124 valence electrons. The molecule has 0 amide bonds. The number of hydrogen-bond acceptors (Lipinski definition) is 5. The Morgan fingerprint density at radius 3 is 1.70 bits per heavy atom. The summed E-state index contributed by atoms with van der Waals surface area (Å²) in [5.41, 5.74) is 1.27. The van der Waals surface area contributed by atoms with Gasteiger partial charge in [0.1, 0.15) is 24.6 Å². The van der Waals surface area contributed by atoms with E-state index in [0.717, 1.165) is 0 Å². The van der Waals surface area contributed by atoms with Crippen molar-refractivity contribution in [1.82, 2.24) is 4.98 Å². The monoisotopic (exact) mass is 335 g/mol. The first-order chi connectivity index (χ1) is 10.9. The van der Waals surface area contributed by atoms with Gasteiger partial charge in [-0.2, -0.15) is 0 Å². The minimum Gasteiger partial charge on any atom is -0.474 e. The molecule has 1 aromatic heterocycles. The summed E-state index contributed by atoms with van der Waals surface area (Å²) in [4.78, 5) is 13.8. The van der Waals surface area contributed by atoms with Crippen molar-refractivity contribution in [2.45, 2.75) is 39.8 Å². The molecule has 0 radical (unpaired) electrons. The van der Waals surface area contributed by atoms with Gasteiger partial charge < -0.3 is 9.47 Å². The molecule has 0 spiro atoms. The number of halogens is 1. The largest absolute Gasteiger partial charge is 0.474 e. The summed E-state index contributed by atoms with van der Waals surface area (Å²) in [6.07, 6.45) is 0. The third kappa shape index (κ3) is 3.50. The van der Waals surface area contributed by atoms with Crippen molar-refractivity contribution >= 4 is 23.4 Å². The minimum absolute atomic E-state index is 0.166. The number of aromatic nitrogens is 1. The van der Waals surface area contributed by atoms with Crippen LogP contribution >= 0.6 is 11.6 Å². The number of aliphatic imine (C=N–C) groups is 2. The van der Waals surface area contributed by atoms with E-state index in [2.05, 4.69) is 42.7 Å². The molecule has 0 fully saturated rings. The van der Waals surface area contributed by atoms with Gasteiger partial charge in [0.15, 0.2) is 0 Å². The van der Waals surface area contributed by atoms with Gasteiger partial charge in [0.25, 0.3) is 0 Å². The molecule has 0 bridgehead atoms. The Hall–Kier alpha value is -1.62. The van der Waals surface area contributed by atoms with Gasteiger partial charge >= 0.3 is 0 Å². The maximum Gasteiger partial charge on any atom is 0.235 e. The molecule has 3 rings (SSSR count). The highest BCUT2D eigenvalue weighted by molar-refractivity contribution is 6.31. The fourth-order valence-electron chi connectivity index (χ4n) is 2.46. The summed E-state index contributed by atoms with van der Waals surface area (Å²) < 4.78 is 11.4. The van der Waals surface area contributed by atoms with Gasteiger partial charge in [-0.1, -0.05) is 39.3 Å². The molecule has 0 N–H and O–H groups in total. The van der Waals surface area contributed by atoms with E-state index in [4.69, 9.17) is 21.1 Å². The van der Waals surface area contributed by atoms with Crippen molar-refractivity contribution in [2.24, 2.45) is 21.8 Å². The lowest BCUT2D eigenvalue weighted by molar-refractivity contribution is 0.290. The first-order valence-electron chi connectivity index (χ1n) is 8.03. The third-order valence-corrected chi connectivity index (χ3v) is 4.33. The van der Waals surface area contributed by atoms with E-state index in [1.807, 2.05) is 0 Å². The molecule has 0 aromatic carbocycles. The van der Waals surface area contributed by atoms with Crippen LogP contribution < -0.4 is 0 Å². The van der Waals surface area contributed by atoms with E-state index >= 15 is 0 Å². The lowest BCUT2D eigenvalue weighted by atomic mass is 10.1. The highest BCUT2D eigenvalue weighted by Crippen LogP contribution is 2.22. The molecular weight excluding hydrogens is 314 g/mol. The quantitative estimate of drug-likeness (QED) is 0.848. The SMILES string of the molecule is CC(C)[C@@H]1COC(c2cc(Cl)cc(C3=N[C@H](C(C)C)CO3)n2)=N1. The van der Waals surface area contributed by atoms with E-state index in [-0.39, 0.29) is 12.1 Å². The molecule has 2 aliphatic rings. The number of pyridine rings is 1. The number of nitrogens with zero attached hydrogens (tertiary/aromatic N) is 3. The van der Waals surface area contributed by atoms with Crippen molar-refractivity contribution in [3.63, 3.8) is 0 Å². The van der Waals surface area contributed by atoms with Crippen molar-refractivity contribution < 1.29 is 9.47 Å². The summed E-state index contributed by atoms with van der Waals surface area (Å²) in [5.74, 6) is 1.96. The first kappa shape index (κ1) is 16.2. The van der Waals surface area contributed by atoms with E-state index in [1.54, 1.807) is 12.1 Å². The van der Waals surface area contributed by atoms with Crippen LogP contribution in [-0.4, -0.2) is 42.1 Å². The second-order valence-electron chi connectivity index (χ2n) is 6.67. The van der Waals surface area contributed by atoms with Crippen molar-refractivity contribution in [2.75, 3.05) is 13.2 Å². The zero-order chi connectivity index (χ0) is 16.6. The van der Waals surface area contributed by atoms with Gasteiger partial charge in [-0.25, -0.2) is 15.0 Å². The van der Waals surface area contributed by atoms with Crippen molar-refractivity contribution in [1.29, 1.82) is 0 Å². The Morgan fingerprint density at radius 2 is 1.35 bits per heavy atom. The molecule has 2 atom stereocenters. The zero-order valence-electron chi connectivity index (χ0n) is 13.9. The molecule has 0 saturated heterocycles. The van der Waals surface area contributed by atoms with Crippen LogP contribution in [0.1, 0.15) is 39.1 Å². The lowest BCUT2D eigenvalue weighted by Gasteiger charge is -2.06. The summed E-state index contributed by atoms with van der Waals surface area (Å²) in [7, 11) is 0. The summed E-state index contributed by atoms with van der Waals surface area (Å²) in [6, 6.07) is 3.86. The Kier molecular flexibility index (Phi) is 4.57. The number of ether oxygens (including phenoxy) is 2. The predicted molar refractivity (Wildman–Crippen MR) is 91.5 cm³/mol. The maximum absolute atomic E-state index is 6.24. The molecule has 6 heteroatoms. The normalized spacial score (nSPS) is 23.8. The summed E-state index contributed by atoms with van der Waals surface area (Å²) >= 11 is 6.24. The highest BCUT2D eigenvalue weighted by Gasteiger charge is 2.27. The highest BCUT2D eigenvalue weighted by atomic mass is 35.5. The molecule has 0 unspecified atom stereocenters. The number of rotatable bonds is 4. The second-order valence-corrected chi connectivity index (χ2v) is 7.11. The minimum atomic E-state index is 0.166. The maximum atomic E-state index is 6.24. The van der Waals surface area contributed by atoms with Crippen LogP contribution in [0.2, 0.25) is 5.02 Å². The van der Waals surface area contributed by atoms with E-state index in [1.165, 1.54) is 0 Å². The fourth-order valence-corrected chi connectivity index (χ4v) is 2.67. The van der Waals surface area contributed by atoms with Crippen LogP contribution in [0.15, 0.2) is 22.1 Å². The van der Waals surface area contributed by atoms with Gasteiger partial charge in [0.05, 0.1) is 12.1 Å². The van der Waals surface area contributed by atoms with Crippen LogP contribution in [-0.2, 0) is 9.47 Å². The Bertz CT molecular complexity index is 603. The lowest BCUT2D eigenvalue weighted by Crippen LogP contribution is -2.13. The van der Waals surface area contributed by atoms with Crippen molar-refractivity contribution in [3.05, 3.63) is 28.5 Å². The molecular formula is C17H22ClN3O2. The van der Waals surface area contributed by atoms with Gasteiger partial charge in [-0.05, 0) is 24.0 Å². The van der Waals surface area contributed by atoms with Crippen molar-refractivity contribution in [3.8, 4) is 0 Å². The average Bonchev–Trinajstić information content (AvgIpc) is 3.16. The van der Waals surface area contributed by atoms with Gasteiger partial charge in [0.2, 0.25) is 11.8 Å². The predicted octanol–water partition coefficient (Wildman–Crippen LogP) is 3.34. The Morgan fingerprint density at radius 1 is 0.913 bits per heavy atom. The van der Waals surface area contributed by atoms with E-state index < -0.39 is 0 Å². The zero-order valence-corrected chi connectivity index (χ0v) is 14.7. The van der Waals surface area contributed by atoms with Crippen LogP contribution in [0.25, 0.3) is 0 Å². The molecule has 23 heavy (non-hydrogen) atoms. The number of hydrogen-bond donors (Lipinski definition) is 0. The van der Waals surface area contributed by atoms with Gasteiger partial charge in [0, 0.05) is 5.02 Å². The van der Waals surface area contributed by atoms with E-state index in [0.29, 0.717) is 53.3 Å². The molecule has 0 aliphatic carbocycles. The average molecular weight is 336 g/mol. The molecule has 2 aliphatic heterocycles. The van der Waals surface area contributed by atoms with Gasteiger partial charge in [-0.15, -0.1) is 0 Å². The fraction of sp³-hybridized carbons (Fsp3) is 0.588. The third-order valence-electron chi connectivity index (χ3n) is 4.12. The Balaban J connectivity index is 1.89. The second kappa shape index (κ2) is 6.48. The summed E-state index contributed by atoms with van der Waals surface area (Å²) in [5, 5.41) is 0.573. The Labute approximate surface area is 141 Å². The topological polar surface area (TPSA) is 56.1 Å². The molecule has 0 saturated carbocycles. The van der Waals surface area contributed by atoms with E-state index in [9.17, 15) is 0 Å². The molecule has 3 heterocycles. The molecule has 1 aromatic rings. The van der Waals surface area contributed by atoms with Crippen LogP contribution in [0.5, 0.6) is 0 Å². The van der Waals surface area contributed by atoms with Crippen LogP contribution in [0.3, 0.4) is 0 Å². The summed E-state index contributed by atoms with van der Waals surface area (Å²) in [6.45, 7) is 9.69.